The first kappa shape index (κ1) is 16.1. The molecule has 1 atom stereocenters. The predicted molar refractivity (Wildman–Crippen MR) is 89.0 cm³/mol. The van der Waals surface area contributed by atoms with Gasteiger partial charge in [-0.2, -0.15) is 0 Å². The minimum absolute atomic E-state index is 0.164. The zero-order valence-electron chi connectivity index (χ0n) is 13.0. The van der Waals surface area contributed by atoms with E-state index in [4.69, 9.17) is 4.74 Å². The lowest BCUT2D eigenvalue weighted by molar-refractivity contribution is 0.0432. The number of benzene rings is 1. The summed E-state index contributed by atoms with van der Waals surface area (Å²) in [5.41, 5.74) is 0.938. The van der Waals surface area contributed by atoms with E-state index in [0.29, 0.717) is 36.7 Å². The Labute approximate surface area is 137 Å². The van der Waals surface area contributed by atoms with Gasteiger partial charge < -0.3 is 4.74 Å². The molecule has 0 N–H and O–H groups in total. The molecule has 23 heavy (non-hydrogen) atoms. The number of hydrogen-bond acceptors (Lipinski definition) is 4. The molecular formula is C17H21NO4S. The monoisotopic (exact) mass is 335 g/mol. The maximum absolute atomic E-state index is 12.2. The van der Waals surface area contributed by atoms with Crippen LogP contribution >= 0.6 is 0 Å². The lowest BCUT2D eigenvalue weighted by atomic mass is 9.95. The van der Waals surface area contributed by atoms with Gasteiger partial charge in [-0.1, -0.05) is 18.2 Å². The smallest absolute Gasteiger partial charge is 0.338 e. The third kappa shape index (κ3) is 3.75. The molecule has 1 unspecified atom stereocenters. The van der Waals surface area contributed by atoms with Crippen LogP contribution in [0, 0.1) is 5.92 Å². The highest BCUT2D eigenvalue weighted by Crippen LogP contribution is 2.25. The molecule has 2 aliphatic rings. The summed E-state index contributed by atoms with van der Waals surface area (Å²) >= 11 is 0. The molecular weight excluding hydrogens is 314 g/mol. The molecule has 0 amide bonds. The van der Waals surface area contributed by atoms with Gasteiger partial charge >= 0.3 is 5.97 Å². The Hall–Kier alpha value is -1.82. The summed E-state index contributed by atoms with van der Waals surface area (Å²) < 4.78 is 30.7. The van der Waals surface area contributed by atoms with Crippen molar-refractivity contribution in [2.45, 2.75) is 25.7 Å². The van der Waals surface area contributed by atoms with Gasteiger partial charge in [0.25, 0.3) is 0 Å². The van der Waals surface area contributed by atoms with E-state index in [1.165, 1.54) is 4.31 Å². The highest BCUT2D eigenvalue weighted by atomic mass is 32.2. The van der Waals surface area contributed by atoms with Crippen molar-refractivity contribution >= 4 is 21.7 Å². The van der Waals surface area contributed by atoms with E-state index in [-0.39, 0.29) is 5.75 Å². The van der Waals surface area contributed by atoms with Gasteiger partial charge in [-0.05, 0) is 49.8 Å². The number of carbonyl (C=O) groups is 1. The van der Waals surface area contributed by atoms with Crippen LogP contribution in [0.5, 0.6) is 0 Å². The minimum Gasteiger partial charge on any atom is -0.462 e. The van der Waals surface area contributed by atoms with Crippen LogP contribution in [-0.4, -0.2) is 33.3 Å². The minimum atomic E-state index is -3.24. The summed E-state index contributed by atoms with van der Waals surface area (Å²) in [5, 5.41) is 0. The largest absolute Gasteiger partial charge is 0.462 e. The molecule has 1 aromatic rings. The fourth-order valence-corrected chi connectivity index (χ4v) is 4.56. The van der Waals surface area contributed by atoms with Crippen LogP contribution < -0.4 is 4.31 Å². The van der Waals surface area contributed by atoms with Crippen molar-refractivity contribution in [3.05, 3.63) is 42.0 Å². The molecule has 1 aliphatic carbocycles. The molecule has 6 heteroatoms. The van der Waals surface area contributed by atoms with Crippen molar-refractivity contribution in [2.24, 2.45) is 5.92 Å². The maximum atomic E-state index is 12.2. The van der Waals surface area contributed by atoms with E-state index < -0.39 is 16.0 Å². The summed E-state index contributed by atoms with van der Waals surface area (Å²) in [4.78, 5) is 12.2. The lowest BCUT2D eigenvalue weighted by Crippen LogP contribution is -2.25. The summed E-state index contributed by atoms with van der Waals surface area (Å²) in [6.07, 6.45) is 7.91. The predicted octanol–water partition coefficient (Wildman–Crippen LogP) is 2.74. The molecule has 1 aliphatic heterocycles. The zero-order valence-corrected chi connectivity index (χ0v) is 13.8. The van der Waals surface area contributed by atoms with Gasteiger partial charge in [0.2, 0.25) is 10.0 Å². The SMILES string of the molecule is O=C(OCC1CC=CCC1)c1cccc(N2CCCS2(=O)=O)c1. The van der Waals surface area contributed by atoms with Crippen LogP contribution in [0.2, 0.25) is 0 Å². The Morgan fingerprint density at radius 2 is 2.17 bits per heavy atom. The van der Waals surface area contributed by atoms with Gasteiger partial charge in [0.1, 0.15) is 0 Å². The first-order valence-electron chi connectivity index (χ1n) is 7.99. The number of hydrogen-bond donors (Lipinski definition) is 0. The summed E-state index contributed by atoms with van der Waals surface area (Å²) in [7, 11) is -3.24. The third-order valence-electron chi connectivity index (χ3n) is 4.30. The molecule has 0 radical (unpaired) electrons. The number of esters is 1. The Kier molecular flexibility index (Phi) is 4.71. The van der Waals surface area contributed by atoms with Crippen molar-refractivity contribution in [2.75, 3.05) is 23.2 Å². The van der Waals surface area contributed by atoms with E-state index in [0.717, 1.165) is 19.3 Å². The topological polar surface area (TPSA) is 63.7 Å². The number of rotatable bonds is 4. The highest BCUT2D eigenvalue weighted by molar-refractivity contribution is 7.93. The van der Waals surface area contributed by atoms with Gasteiger partial charge in [-0.25, -0.2) is 13.2 Å². The molecule has 5 nitrogen and oxygen atoms in total. The van der Waals surface area contributed by atoms with Crippen LogP contribution in [0.25, 0.3) is 0 Å². The molecule has 3 rings (SSSR count). The van der Waals surface area contributed by atoms with Crippen LogP contribution in [0.3, 0.4) is 0 Å². The fourth-order valence-electron chi connectivity index (χ4n) is 3.00. The molecule has 0 saturated carbocycles. The second-order valence-corrected chi connectivity index (χ2v) is 8.05. The average Bonchev–Trinajstić information content (AvgIpc) is 2.93. The lowest BCUT2D eigenvalue weighted by Gasteiger charge is -2.19. The third-order valence-corrected chi connectivity index (χ3v) is 6.17. The molecule has 1 saturated heterocycles. The Morgan fingerprint density at radius 3 is 2.87 bits per heavy atom. The Balaban J connectivity index is 1.67. The number of sulfonamides is 1. The molecule has 124 valence electrons. The Bertz CT molecular complexity index is 711. The molecule has 0 bridgehead atoms. The first-order valence-corrected chi connectivity index (χ1v) is 9.60. The molecule has 0 spiro atoms. The van der Waals surface area contributed by atoms with E-state index >= 15 is 0 Å². The quantitative estimate of drug-likeness (QED) is 0.627. The van der Waals surface area contributed by atoms with Crippen LogP contribution in [0.1, 0.15) is 36.0 Å². The number of ether oxygens (including phenoxy) is 1. The van der Waals surface area contributed by atoms with Gasteiger partial charge in [0.05, 0.1) is 23.6 Å². The highest BCUT2D eigenvalue weighted by Gasteiger charge is 2.28. The van der Waals surface area contributed by atoms with E-state index in [2.05, 4.69) is 12.2 Å². The fraction of sp³-hybridized carbons (Fsp3) is 0.471. The standard InChI is InChI=1S/C17H21NO4S/c19-17(22-13-14-6-2-1-3-7-14)15-8-4-9-16(12-15)18-10-5-11-23(18,20)21/h1-2,4,8-9,12,14H,3,5-7,10-11,13H2. The van der Waals surface area contributed by atoms with Gasteiger partial charge in [0.15, 0.2) is 0 Å². The van der Waals surface area contributed by atoms with Crippen LogP contribution in [-0.2, 0) is 14.8 Å². The molecule has 1 aromatic carbocycles. The van der Waals surface area contributed by atoms with E-state index in [9.17, 15) is 13.2 Å². The van der Waals surface area contributed by atoms with Crippen molar-refractivity contribution in [3.63, 3.8) is 0 Å². The van der Waals surface area contributed by atoms with Gasteiger partial charge in [-0.3, -0.25) is 4.31 Å². The molecule has 1 fully saturated rings. The van der Waals surface area contributed by atoms with Crippen molar-refractivity contribution in [1.82, 2.24) is 0 Å². The summed E-state index contributed by atoms with van der Waals surface area (Å²) in [6, 6.07) is 6.68. The average molecular weight is 335 g/mol. The normalized spacial score (nSPS) is 23.0. The van der Waals surface area contributed by atoms with Crippen molar-refractivity contribution in [3.8, 4) is 0 Å². The van der Waals surface area contributed by atoms with Crippen molar-refractivity contribution in [1.29, 1.82) is 0 Å². The van der Waals surface area contributed by atoms with Crippen molar-refractivity contribution < 1.29 is 17.9 Å². The second kappa shape index (κ2) is 6.74. The van der Waals surface area contributed by atoms with Crippen LogP contribution in [0.15, 0.2) is 36.4 Å². The van der Waals surface area contributed by atoms with E-state index in [1.54, 1.807) is 24.3 Å². The number of anilines is 1. The van der Waals surface area contributed by atoms with E-state index in [1.807, 2.05) is 0 Å². The van der Waals surface area contributed by atoms with Crippen LogP contribution in [0.4, 0.5) is 5.69 Å². The summed E-state index contributed by atoms with van der Waals surface area (Å²) in [5.74, 6) is 0.153. The number of allylic oxidation sites excluding steroid dienone is 2. The zero-order chi connectivity index (χ0) is 16.3. The second-order valence-electron chi connectivity index (χ2n) is 6.04. The van der Waals surface area contributed by atoms with Gasteiger partial charge in [-0.15, -0.1) is 0 Å². The Morgan fingerprint density at radius 1 is 1.30 bits per heavy atom. The molecule has 1 heterocycles. The molecule has 0 aromatic heterocycles. The number of nitrogens with zero attached hydrogens (tertiary/aromatic N) is 1. The van der Waals surface area contributed by atoms with Gasteiger partial charge in [0, 0.05) is 6.54 Å². The first-order chi connectivity index (χ1) is 11.1. The maximum Gasteiger partial charge on any atom is 0.338 e. The summed E-state index contributed by atoms with van der Waals surface area (Å²) in [6.45, 7) is 0.880. The number of carbonyl (C=O) groups excluding carboxylic acids is 1.